The lowest BCUT2D eigenvalue weighted by Crippen LogP contribution is -2.23. The van der Waals surface area contributed by atoms with E-state index in [0.29, 0.717) is 12.2 Å². The van der Waals surface area contributed by atoms with E-state index in [1.165, 1.54) is 17.5 Å². The molecule has 0 atom stereocenters. The SMILES string of the molecule is CCCCCC(=O)c1ccc2c(c1)CNCC2. The molecule has 1 aliphatic rings. The molecule has 1 N–H and O–H groups in total. The zero-order valence-electron chi connectivity index (χ0n) is 10.6. The fourth-order valence-electron chi connectivity index (χ4n) is 2.33. The van der Waals surface area contributed by atoms with Crippen molar-refractivity contribution >= 4 is 5.78 Å². The largest absolute Gasteiger partial charge is 0.312 e. The molecule has 0 amide bonds. The van der Waals surface area contributed by atoms with Crippen molar-refractivity contribution in [1.82, 2.24) is 5.32 Å². The second kappa shape index (κ2) is 5.97. The second-order valence-corrected chi connectivity index (χ2v) is 4.79. The maximum Gasteiger partial charge on any atom is 0.162 e. The van der Waals surface area contributed by atoms with E-state index in [0.717, 1.165) is 37.9 Å². The number of carbonyl (C=O) groups is 1. The van der Waals surface area contributed by atoms with Crippen LogP contribution < -0.4 is 5.32 Å². The van der Waals surface area contributed by atoms with Gasteiger partial charge in [-0.2, -0.15) is 0 Å². The number of fused-ring (bicyclic) bond motifs is 1. The number of unbranched alkanes of at least 4 members (excludes halogenated alkanes) is 2. The Morgan fingerprint density at radius 1 is 1.29 bits per heavy atom. The van der Waals surface area contributed by atoms with Gasteiger partial charge in [-0.25, -0.2) is 0 Å². The number of hydrogen-bond acceptors (Lipinski definition) is 2. The summed E-state index contributed by atoms with van der Waals surface area (Å²) in [6.45, 7) is 4.12. The van der Waals surface area contributed by atoms with Crippen molar-refractivity contribution in [1.29, 1.82) is 0 Å². The molecule has 2 nitrogen and oxygen atoms in total. The lowest BCUT2D eigenvalue weighted by Gasteiger charge is -2.17. The number of Topliss-reactive ketones (excluding diaryl/α,β-unsaturated/α-hetero) is 1. The van der Waals surface area contributed by atoms with Gasteiger partial charge in [-0.3, -0.25) is 4.79 Å². The van der Waals surface area contributed by atoms with Crippen LogP contribution in [0.5, 0.6) is 0 Å². The third-order valence-electron chi connectivity index (χ3n) is 3.42. The summed E-state index contributed by atoms with van der Waals surface area (Å²) in [5.41, 5.74) is 3.59. The minimum absolute atomic E-state index is 0.298. The molecule has 0 spiro atoms. The molecule has 1 aliphatic heterocycles. The standard InChI is InChI=1S/C15H21NO/c1-2-3-4-5-15(17)13-7-6-12-8-9-16-11-14(12)10-13/h6-7,10,16H,2-5,8-9,11H2,1H3. The summed E-state index contributed by atoms with van der Waals surface area (Å²) >= 11 is 0. The summed E-state index contributed by atoms with van der Waals surface area (Å²) < 4.78 is 0. The summed E-state index contributed by atoms with van der Waals surface area (Å²) in [7, 11) is 0. The molecule has 0 saturated carbocycles. The average Bonchev–Trinajstić information content (AvgIpc) is 2.38. The van der Waals surface area contributed by atoms with Crippen LogP contribution in [-0.4, -0.2) is 12.3 Å². The quantitative estimate of drug-likeness (QED) is 0.623. The molecule has 0 aliphatic carbocycles. The predicted octanol–water partition coefficient (Wildman–Crippen LogP) is 3.10. The Morgan fingerprint density at radius 3 is 3.00 bits per heavy atom. The molecule has 1 heterocycles. The zero-order chi connectivity index (χ0) is 12.1. The van der Waals surface area contributed by atoms with Crippen molar-refractivity contribution in [3.05, 3.63) is 34.9 Å². The van der Waals surface area contributed by atoms with Gasteiger partial charge in [-0.1, -0.05) is 31.9 Å². The van der Waals surface area contributed by atoms with Crippen LogP contribution in [0.3, 0.4) is 0 Å². The zero-order valence-corrected chi connectivity index (χ0v) is 10.6. The average molecular weight is 231 g/mol. The lowest BCUT2D eigenvalue weighted by molar-refractivity contribution is 0.0979. The van der Waals surface area contributed by atoms with E-state index in [2.05, 4.69) is 24.4 Å². The highest BCUT2D eigenvalue weighted by molar-refractivity contribution is 5.96. The third-order valence-corrected chi connectivity index (χ3v) is 3.42. The topological polar surface area (TPSA) is 29.1 Å². The van der Waals surface area contributed by atoms with E-state index in [4.69, 9.17) is 0 Å². The van der Waals surface area contributed by atoms with Gasteiger partial charge in [0.2, 0.25) is 0 Å². The molecular formula is C15H21NO. The van der Waals surface area contributed by atoms with Gasteiger partial charge in [0.25, 0.3) is 0 Å². The van der Waals surface area contributed by atoms with Gasteiger partial charge in [0.15, 0.2) is 5.78 Å². The van der Waals surface area contributed by atoms with Crippen LogP contribution in [0, 0.1) is 0 Å². The lowest BCUT2D eigenvalue weighted by atomic mass is 9.96. The van der Waals surface area contributed by atoms with Crippen LogP contribution >= 0.6 is 0 Å². The van der Waals surface area contributed by atoms with Crippen LogP contribution in [0.15, 0.2) is 18.2 Å². The van der Waals surface area contributed by atoms with Crippen molar-refractivity contribution in [2.75, 3.05) is 6.54 Å². The Labute approximate surface area is 103 Å². The number of rotatable bonds is 5. The third kappa shape index (κ3) is 3.16. The number of benzene rings is 1. The molecule has 0 bridgehead atoms. The Balaban J connectivity index is 2.03. The highest BCUT2D eigenvalue weighted by Crippen LogP contribution is 2.17. The fraction of sp³-hybridized carbons (Fsp3) is 0.533. The Hall–Kier alpha value is -1.15. The van der Waals surface area contributed by atoms with E-state index < -0.39 is 0 Å². The molecule has 0 saturated heterocycles. The molecule has 1 aromatic rings. The van der Waals surface area contributed by atoms with E-state index in [1.807, 2.05) is 6.07 Å². The molecule has 0 unspecified atom stereocenters. The van der Waals surface area contributed by atoms with Crippen LogP contribution in [0.25, 0.3) is 0 Å². The molecule has 2 rings (SSSR count). The molecule has 92 valence electrons. The van der Waals surface area contributed by atoms with E-state index in [9.17, 15) is 4.79 Å². The summed E-state index contributed by atoms with van der Waals surface area (Å²) in [4.78, 5) is 12.0. The summed E-state index contributed by atoms with van der Waals surface area (Å²) in [6.07, 6.45) is 5.12. The van der Waals surface area contributed by atoms with Gasteiger partial charge in [0, 0.05) is 18.5 Å². The van der Waals surface area contributed by atoms with Gasteiger partial charge in [0.05, 0.1) is 0 Å². The van der Waals surface area contributed by atoms with E-state index in [1.54, 1.807) is 0 Å². The molecule has 0 radical (unpaired) electrons. The van der Waals surface area contributed by atoms with Gasteiger partial charge in [-0.15, -0.1) is 0 Å². The number of carbonyl (C=O) groups excluding carboxylic acids is 1. The van der Waals surface area contributed by atoms with Gasteiger partial charge >= 0.3 is 0 Å². The summed E-state index contributed by atoms with van der Waals surface area (Å²) in [5.74, 6) is 0.298. The molecule has 0 aromatic heterocycles. The number of ketones is 1. The van der Waals surface area contributed by atoms with Gasteiger partial charge in [0.1, 0.15) is 0 Å². The van der Waals surface area contributed by atoms with Crippen LogP contribution in [-0.2, 0) is 13.0 Å². The Kier molecular flexibility index (Phi) is 4.32. The van der Waals surface area contributed by atoms with Crippen molar-refractivity contribution in [3.63, 3.8) is 0 Å². The van der Waals surface area contributed by atoms with Crippen LogP contribution in [0.4, 0.5) is 0 Å². The minimum atomic E-state index is 0.298. The van der Waals surface area contributed by atoms with E-state index in [-0.39, 0.29) is 0 Å². The van der Waals surface area contributed by atoms with E-state index >= 15 is 0 Å². The first-order valence-corrected chi connectivity index (χ1v) is 6.67. The fourth-order valence-corrected chi connectivity index (χ4v) is 2.33. The highest BCUT2D eigenvalue weighted by Gasteiger charge is 2.12. The second-order valence-electron chi connectivity index (χ2n) is 4.79. The Bertz CT molecular complexity index is 398. The molecule has 1 aromatic carbocycles. The monoisotopic (exact) mass is 231 g/mol. The summed E-state index contributed by atoms with van der Waals surface area (Å²) in [5, 5.41) is 3.35. The molecule has 17 heavy (non-hydrogen) atoms. The van der Waals surface area contributed by atoms with Crippen molar-refractivity contribution in [2.24, 2.45) is 0 Å². The first-order chi connectivity index (χ1) is 8.31. The van der Waals surface area contributed by atoms with Crippen molar-refractivity contribution in [3.8, 4) is 0 Å². The normalized spacial score (nSPS) is 14.4. The maximum absolute atomic E-state index is 12.0. The van der Waals surface area contributed by atoms with Gasteiger partial charge < -0.3 is 5.32 Å². The first kappa shape index (κ1) is 12.3. The van der Waals surface area contributed by atoms with Crippen molar-refractivity contribution < 1.29 is 4.79 Å². The van der Waals surface area contributed by atoms with Crippen LogP contribution in [0.1, 0.15) is 54.1 Å². The number of hydrogen-bond donors (Lipinski definition) is 1. The summed E-state index contributed by atoms with van der Waals surface area (Å²) in [6, 6.07) is 6.21. The highest BCUT2D eigenvalue weighted by atomic mass is 16.1. The number of nitrogens with one attached hydrogen (secondary N) is 1. The molecular weight excluding hydrogens is 210 g/mol. The predicted molar refractivity (Wildman–Crippen MR) is 70.3 cm³/mol. The molecule has 0 fully saturated rings. The maximum atomic E-state index is 12.0. The minimum Gasteiger partial charge on any atom is -0.312 e. The van der Waals surface area contributed by atoms with Crippen molar-refractivity contribution in [2.45, 2.75) is 45.6 Å². The van der Waals surface area contributed by atoms with Crippen LogP contribution in [0.2, 0.25) is 0 Å². The smallest absolute Gasteiger partial charge is 0.162 e. The first-order valence-electron chi connectivity index (χ1n) is 6.67. The molecule has 2 heteroatoms. The Morgan fingerprint density at radius 2 is 2.18 bits per heavy atom. The van der Waals surface area contributed by atoms with Gasteiger partial charge in [-0.05, 0) is 36.6 Å².